The van der Waals surface area contributed by atoms with Crippen LogP contribution in [0.15, 0.2) is 42.0 Å². The number of ether oxygens (including phenoxy) is 3. The first kappa shape index (κ1) is 22.4. The van der Waals surface area contributed by atoms with Crippen molar-refractivity contribution in [3.63, 3.8) is 0 Å². The van der Waals surface area contributed by atoms with Crippen molar-refractivity contribution in [1.29, 1.82) is 0 Å². The standard InChI is InChI=1S/C24H26O7/c1-13(2)5-10-18-21(30-15(4)26)12-22-23(24(18)28)19(27)11-20(31-22)16-6-8-17(9-7-16)29-14(3)25/h5-9,12,19-20,27-28H,10-11H2,1-4H3/t19-,20-/m1/s1. The van der Waals surface area contributed by atoms with Gasteiger partial charge in [0, 0.05) is 31.9 Å². The molecule has 1 heterocycles. The van der Waals surface area contributed by atoms with Crippen LogP contribution < -0.4 is 14.2 Å². The van der Waals surface area contributed by atoms with Gasteiger partial charge in [0.25, 0.3) is 0 Å². The van der Waals surface area contributed by atoms with Crippen molar-refractivity contribution in [3.8, 4) is 23.0 Å². The molecular weight excluding hydrogens is 400 g/mol. The van der Waals surface area contributed by atoms with Crippen LogP contribution >= 0.6 is 0 Å². The summed E-state index contributed by atoms with van der Waals surface area (Å²) < 4.78 is 16.4. The minimum absolute atomic E-state index is 0.137. The average Bonchev–Trinajstić information content (AvgIpc) is 2.66. The lowest BCUT2D eigenvalue weighted by Crippen LogP contribution is -2.20. The van der Waals surface area contributed by atoms with E-state index in [1.807, 2.05) is 19.9 Å². The Hall–Kier alpha value is -3.32. The third-order valence-electron chi connectivity index (χ3n) is 4.89. The molecule has 0 aromatic heterocycles. The second-order valence-electron chi connectivity index (χ2n) is 7.71. The number of hydrogen-bond donors (Lipinski definition) is 2. The van der Waals surface area contributed by atoms with E-state index in [4.69, 9.17) is 14.2 Å². The Morgan fingerprint density at radius 2 is 1.74 bits per heavy atom. The number of phenolic OH excluding ortho intramolecular Hbond substituents is 1. The number of esters is 2. The van der Waals surface area contributed by atoms with Gasteiger partial charge in [-0.2, -0.15) is 0 Å². The Bertz CT molecular complexity index is 1020. The largest absolute Gasteiger partial charge is 0.507 e. The first-order chi connectivity index (χ1) is 14.7. The molecule has 7 heteroatoms. The van der Waals surface area contributed by atoms with Crippen molar-refractivity contribution in [1.82, 2.24) is 0 Å². The fourth-order valence-electron chi connectivity index (χ4n) is 3.49. The molecular formula is C24H26O7. The number of aromatic hydroxyl groups is 1. The average molecular weight is 426 g/mol. The van der Waals surface area contributed by atoms with E-state index in [1.165, 1.54) is 19.9 Å². The Labute approximate surface area is 180 Å². The van der Waals surface area contributed by atoms with Gasteiger partial charge in [-0.05, 0) is 38.0 Å². The van der Waals surface area contributed by atoms with E-state index in [9.17, 15) is 19.8 Å². The summed E-state index contributed by atoms with van der Waals surface area (Å²) in [5.41, 5.74) is 2.51. The molecule has 2 atom stereocenters. The zero-order chi connectivity index (χ0) is 22.7. The minimum atomic E-state index is -0.973. The Morgan fingerprint density at radius 1 is 1.10 bits per heavy atom. The molecule has 0 saturated heterocycles. The molecule has 2 aromatic carbocycles. The molecule has 7 nitrogen and oxygen atoms in total. The Morgan fingerprint density at radius 3 is 2.32 bits per heavy atom. The summed E-state index contributed by atoms with van der Waals surface area (Å²) in [6, 6.07) is 8.32. The van der Waals surface area contributed by atoms with E-state index in [0.29, 0.717) is 17.7 Å². The van der Waals surface area contributed by atoms with E-state index in [0.717, 1.165) is 11.1 Å². The second kappa shape index (κ2) is 9.22. The predicted molar refractivity (Wildman–Crippen MR) is 113 cm³/mol. The lowest BCUT2D eigenvalue weighted by Gasteiger charge is -2.31. The zero-order valence-electron chi connectivity index (χ0n) is 18.0. The quantitative estimate of drug-likeness (QED) is 0.417. The molecule has 0 aliphatic carbocycles. The smallest absolute Gasteiger partial charge is 0.308 e. The summed E-state index contributed by atoms with van der Waals surface area (Å²) in [5, 5.41) is 21.7. The molecule has 3 rings (SSSR count). The van der Waals surface area contributed by atoms with Crippen LogP contribution in [0.4, 0.5) is 0 Å². The van der Waals surface area contributed by atoms with Gasteiger partial charge in [0.1, 0.15) is 29.1 Å². The highest BCUT2D eigenvalue weighted by molar-refractivity contribution is 5.72. The van der Waals surface area contributed by atoms with Crippen LogP contribution in [0.25, 0.3) is 0 Å². The van der Waals surface area contributed by atoms with Gasteiger partial charge in [-0.15, -0.1) is 0 Å². The molecule has 164 valence electrons. The summed E-state index contributed by atoms with van der Waals surface area (Å²) in [4.78, 5) is 22.7. The molecule has 0 bridgehead atoms. The Kier molecular flexibility index (Phi) is 6.65. The molecule has 0 amide bonds. The monoisotopic (exact) mass is 426 g/mol. The molecule has 0 saturated carbocycles. The van der Waals surface area contributed by atoms with Crippen LogP contribution in [0.3, 0.4) is 0 Å². The fraction of sp³-hybridized carbons (Fsp3) is 0.333. The number of hydrogen-bond acceptors (Lipinski definition) is 7. The summed E-state index contributed by atoms with van der Waals surface area (Å²) in [5.74, 6) is -0.217. The van der Waals surface area contributed by atoms with Gasteiger partial charge in [0.15, 0.2) is 0 Å². The topological polar surface area (TPSA) is 102 Å². The van der Waals surface area contributed by atoms with Crippen LogP contribution in [0.2, 0.25) is 0 Å². The fourth-order valence-corrected chi connectivity index (χ4v) is 3.49. The summed E-state index contributed by atoms with van der Waals surface area (Å²) in [7, 11) is 0. The van der Waals surface area contributed by atoms with Crippen LogP contribution in [-0.2, 0) is 16.0 Å². The maximum Gasteiger partial charge on any atom is 0.308 e. The number of allylic oxidation sites excluding steroid dienone is 2. The van der Waals surface area contributed by atoms with Crippen LogP contribution in [0, 0.1) is 0 Å². The number of aliphatic hydroxyl groups is 1. The minimum Gasteiger partial charge on any atom is -0.507 e. The number of aliphatic hydroxyl groups excluding tert-OH is 1. The van der Waals surface area contributed by atoms with Gasteiger partial charge in [-0.1, -0.05) is 23.8 Å². The predicted octanol–water partition coefficient (Wildman–Crippen LogP) is 4.31. The molecule has 1 aliphatic rings. The van der Waals surface area contributed by atoms with Crippen molar-refractivity contribution in [2.45, 2.75) is 52.7 Å². The highest BCUT2D eigenvalue weighted by atomic mass is 16.5. The van der Waals surface area contributed by atoms with Gasteiger partial charge in [-0.3, -0.25) is 9.59 Å². The van der Waals surface area contributed by atoms with Crippen molar-refractivity contribution in [2.75, 3.05) is 0 Å². The number of fused-ring (bicyclic) bond motifs is 1. The van der Waals surface area contributed by atoms with Crippen molar-refractivity contribution in [3.05, 3.63) is 58.7 Å². The lowest BCUT2D eigenvalue weighted by atomic mass is 9.91. The van der Waals surface area contributed by atoms with Gasteiger partial charge in [0.05, 0.1) is 11.7 Å². The van der Waals surface area contributed by atoms with Crippen LogP contribution in [0.1, 0.15) is 63.0 Å². The van der Waals surface area contributed by atoms with Gasteiger partial charge < -0.3 is 24.4 Å². The normalized spacial score (nSPS) is 17.2. The first-order valence-electron chi connectivity index (χ1n) is 9.99. The molecule has 0 unspecified atom stereocenters. The molecule has 31 heavy (non-hydrogen) atoms. The van der Waals surface area contributed by atoms with Gasteiger partial charge in [-0.25, -0.2) is 0 Å². The summed E-state index contributed by atoms with van der Waals surface area (Å²) in [6.45, 7) is 6.46. The molecule has 1 aliphatic heterocycles. The SMILES string of the molecule is CC(=O)Oc1ccc([C@H]2C[C@@H](O)c3c(cc(OC(C)=O)c(CC=C(C)C)c3O)O2)cc1. The number of phenols is 1. The van der Waals surface area contributed by atoms with Crippen molar-refractivity contribution < 1.29 is 34.0 Å². The summed E-state index contributed by atoms with van der Waals surface area (Å²) >= 11 is 0. The maximum atomic E-state index is 11.6. The van der Waals surface area contributed by atoms with E-state index in [2.05, 4.69) is 0 Å². The number of carbonyl (C=O) groups excluding carboxylic acids is 2. The molecule has 2 aromatic rings. The van der Waals surface area contributed by atoms with E-state index in [1.54, 1.807) is 24.3 Å². The van der Waals surface area contributed by atoms with Crippen molar-refractivity contribution in [2.24, 2.45) is 0 Å². The highest BCUT2D eigenvalue weighted by Crippen LogP contribution is 2.49. The Balaban J connectivity index is 1.97. The summed E-state index contributed by atoms with van der Waals surface area (Å²) in [6.07, 6.45) is 0.999. The number of rotatable bonds is 5. The molecule has 2 N–H and O–H groups in total. The van der Waals surface area contributed by atoms with Gasteiger partial charge >= 0.3 is 11.9 Å². The third kappa shape index (κ3) is 5.24. The zero-order valence-corrected chi connectivity index (χ0v) is 18.0. The van der Waals surface area contributed by atoms with Gasteiger partial charge in [0.2, 0.25) is 0 Å². The van der Waals surface area contributed by atoms with E-state index >= 15 is 0 Å². The molecule has 0 radical (unpaired) electrons. The maximum absolute atomic E-state index is 11.6. The molecule has 0 spiro atoms. The molecule has 0 fully saturated rings. The first-order valence-corrected chi connectivity index (χ1v) is 9.99. The number of benzene rings is 2. The van der Waals surface area contributed by atoms with E-state index in [-0.39, 0.29) is 29.2 Å². The van der Waals surface area contributed by atoms with Crippen molar-refractivity contribution >= 4 is 11.9 Å². The third-order valence-corrected chi connectivity index (χ3v) is 4.89. The lowest BCUT2D eigenvalue weighted by molar-refractivity contribution is -0.132. The highest BCUT2D eigenvalue weighted by Gasteiger charge is 2.33. The second-order valence-corrected chi connectivity index (χ2v) is 7.71. The van der Waals surface area contributed by atoms with Crippen LogP contribution in [-0.4, -0.2) is 22.2 Å². The van der Waals surface area contributed by atoms with Crippen LogP contribution in [0.5, 0.6) is 23.0 Å². The van der Waals surface area contributed by atoms with E-state index < -0.39 is 24.1 Å². The number of carbonyl (C=O) groups is 2.